The highest BCUT2D eigenvalue weighted by molar-refractivity contribution is 5.70. The smallest absolute Gasteiger partial charge is 0.308 e. The SMILES string of the molecule is CC1=C(CC/C(C)=C/CC[C@@]2(C)CC[C@H]([C@@H](C)C(=O)O)OO2)C(C)(C)CCC1. The molecule has 4 nitrogen and oxygen atoms in total. The van der Waals surface area contributed by atoms with Crippen LogP contribution in [0.15, 0.2) is 22.8 Å². The fraction of sp³-hybridized carbons (Fsp3) is 0.792. The predicted molar refractivity (Wildman–Crippen MR) is 113 cm³/mol. The fourth-order valence-electron chi connectivity index (χ4n) is 4.65. The van der Waals surface area contributed by atoms with Gasteiger partial charge in [0.05, 0.1) is 5.92 Å². The average Bonchev–Trinajstić information content (AvgIpc) is 2.60. The van der Waals surface area contributed by atoms with E-state index >= 15 is 0 Å². The summed E-state index contributed by atoms with van der Waals surface area (Å²) < 4.78 is 0. The Morgan fingerprint density at radius 3 is 2.61 bits per heavy atom. The summed E-state index contributed by atoms with van der Waals surface area (Å²) in [5.74, 6) is -1.37. The van der Waals surface area contributed by atoms with Crippen molar-refractivity contribution in [3.63, 3.8) is 0 Å². The number of rotatable bonds is 8. The molecular formula is C24H40O4. The molecule has 160 valence electrons. The summed E-state index contributed by atoms with van der Waals surface area (Å²) >= 11 is 0. The summed E-state index contributed by atoms with van der Waals surface area (Å²) in [5, 5.41) is 9.11. The molecule has 0 aromatic rings. The van der Waals surface area contributed by atoms with E-state index in [4.69, 9.17) is 14.9 Å². The molecule has 0 radical (unpaired) electrons. The predicted octanol–water partition coefficient (Wildman–Crippen LogP) is 6.61. The summed E-state index contributed by atoms with van der Waals surface area (Å²) in [6, 6.07) is 0. The number of allylic oxidation sites excluding steroid dienone is 4. The van der Waals surface area contributed by atoms with Gasteiger partial charge in [0.15, 0.2) is 0 Å². The largest absolute Gasteiger partial charge is 0.481 e. The van der Waals surface area contributed by atoms with Gasteiger partial charge in [-0.2, -0.15) is 0 Å². The molecule has 0 amide bonds. The van der Waals surface area contributed by atoms with E-state index in [-0.39, 0.29) is 11.7 Å². The third kappa shape index (κ3) is 6.18. The summed E-state index contributed by atoms with van der Waals surface area (Å²) in [4.78, 5) is 22.2. The Morgan fingerprint density at radius 1 is 1.32 bits per heavy atom. The summed E-state index contributed by atoms with van der Waals surface area (Å²) in [7, 11) is 0. The Morgan fingerprint density at radius 2 is 2.04 bits per heavy atom. The molecule has 0 spiro atoms. The molecule has 1 aliphatic carbocycles. The summed E-state index contributed by atoms with van der Waals surface area (Å²) in [6.07, 6.45) is 11.6. The second-order valence-electron chi connectivity index (χ2n) is 9.92. The van der Waals surface area contributed by atoms with E-state index in [1.165, 1.54) is 31.3 Å². The van der Waals surface area contributed by atoms with Crippen LogP contribution in [0.25, 0.3) is 0 Å². The fourth-order valence-corrected chi connectivity index (χ4v) is 4.65. The topological polar surface area (TPSA) is 55.8 Å². The van der Waals surface area contributed by atoms with Crippen LogP contribution in [0.2, 0.25) is 0 Å². The first-order valence-electron chi connectivity index (χ1n) is 11.0. The highest BCUT2D eigenvalue weighted by Gasteiger charge is 2.37. The van der Waals surface area contributed by atoms with Gasteiger partial charge >= 0.3 is 5.97 Å². The lowest BCUT2D eigenvalue weighted by Gasteiger charge is -2.37. The maximum absolute atomic E-state index is 11.1. The number of carboxylic acid groups (broad SMARTS) is 1. The molecular weight excluding hydrogens is 352 g/mol. The van der Waals surface area contributed by atoms with Gasteiger partial charge in [-0.25, -0.2) is 9.78 Å². The molecule has 1 fully saturated rings. The average molecular weight is 393 g/mol. The minimum absolute atomic E-state index is 0.323. The highest BCUT2D eigenvalue weighted by atomic mass is 17.2. The van der Waals surface area contributed by atoms with Gasteiger partial charge in [-0.3, -0.25) is 4.79 Å². The molecule has 28 heavy (non-hydrogen) atoms. The van der Waals surface area contributed by atoms with E-state index in [0.29, 0.717) is 5.41 Å². The van der Waals surface area contributed by atoms with E-state index in [2.05, 4.69) is 40.7 Å². The molecule has 4 heteroatoms. The molecule has 1 heterocycles. The monoisotopic (exact) mass is 392 g/mol. The zero-order chi connectivity index (χ0) is 20.9. The molecule has 2 aliphatic rings. The third-order valence-electron chi connectivity index (χ3n) is 6.90. The van der Waals surface area contributed by atoms with Crippen LogP contribution in [0.1, 0.15) is 99.3 Å². The first-order valence-corrected chi connectivity index (χ1v) is 11.0. The molecule has 0 aromatic carbocycles. The van der Waals surface area contributed by atoms with E-state index in [1.54, 1.807) is 18.1 Å². The molecule has 1 aliphatic heterocycles. The summed E-state index contributed by atoms with van der Waals surface area (Å²) in [6.45, 7) is 13.1. The first kappa shape index (κ1) is 23.2. The second-order valence-corrected chi connectivity index (χ2v) is 9.92. The van der Waals surface area contributed by atoms with Crippen molar-refractivity contribution in [2.75, 3.05) is 0 Å². The van der Waals surface area contributed by atoms with Crippen molar-refractivity contribution < 1.29 is 19.7 Å². The third-order valence-corrected chi connectivity index (χ3v) is 6.90. The van der Waals surface area contributed by atoms with Gasteiger partial charge in [-0.1, -0.05) is 36.6 Å². The van der Waals surface area contributed by atoms with E-state index in [1.807, 2.05) is 0 Å². The number of hydrogen-bond donors (Lipinski definition) is 1. The Balaban J connectivity index is 1.79. The summed E-state index contributed by atoms with van der Waals surface area (Å²) in [5.41, 5.74) is 4.75. The van der Waals surface area contributed by atoms with Crippen molar-refractivity contribution in [2.24, 2.45) is 11.3 Å². The second kappa shape index (κ2) is 9.58. The van der Waals surface area contributed by atoms with Crippen LogP contribution in [0, 0.1) is 11.3 Å². The number of aliphatic carboxylic acids is 1. The number of hydrogen-bond acceptors (Lipinski definition) is 3. The van der Waals surface area contributed by atoms with Crippen LogP contribution < -0.4 is 0 Å². The number of carbonyl (C=O) groups is 1. The van der Waals surface area contributed by atoms with Crippen molar-refractivity contribution >= 4 is 5.97 Å². The van der Waals surface area contributed by atoms with Crippen LogP contribution in [-0.2, 0) is 14.6 Å². The zero-order valence-electron chi connectivity index (χ0n) is 18.8. The highest BCUT2D eigenvalue weighted by Crippen LogP contribution is 2.42. The maximum atomic E-state index is 11.1. The molecule has 1 N–H and O–H groups in total. The van der Waals surface area contributed by atoms with Crippen LogP contribution in [0.5, 0.6) is 0 Å². The number of carboxylic acids is 1. The van der Waals surface area contributed by atoms with E-state index < -0.39 is 11.9 Å². The van der Waals surface area contributed by atoms with E-state index in [0.717, 1.165) is 32.1 Å². The Kier molecular flexibility index (Phi) is 7.92. The van der Waals surface area contributed by atoms with Gasteiger partial charge in [0, 0.05) is 0 Å². The molecule has 0 unspecified atom stereocenters. The molecule has 0 aromatic heterocycles. The Bertz CT molecular complexity index is 606. The lowest BCUT2D eigenvalue weighted by molar-refractivity contribution is -0.411. The van der Waals surface area contributed by atoms with Gasteiger partial charge in [0.1, 0.15) is 11.7 Å². The van der Waals surface area contributed by atoms with Gasteiger partial charge in [-0.05, 0) is 90.9 Å². The van der Waals surface area contributed by atoms with Crippen LogP contribution in [0.3, 0.4) is 0 Å². The van der Waals surface area contributed by atoms with Crippen molar-refractivity contribution in [3.05, 3.63) is 22.8 Å². The van der Waals surface area contributed by atoms with Crippen LogP contribution in [-0.4, -0.2) is 22.8 Å². The standard InChI is InChI=1S/C24H40O4/c1-17(11-12-20-18(2)10-8-14-23(20,4)5)9-7-15-24(6)16-13-21(27-28-24)19(3)22(25)26/h9,19,21H,7-8,10-16H2,1-6H3,(H,25,26)/b17-9+/t19-,21-,24+/m1/s1. The van der Waals surface area contributed by atoms with Crippen LogP contribution in [0.4, 0.5) is 0 Å². The van der Waals surface area contributed by atoms with Crippen molar-refractivity contribution in [3.8, 4) is 0 Å². The Hall–Kier alpha value is -1.13. The van der Waals surface area contributed by atoms with Gasteiger partial charge < -0.3 is 5.11 Å². The van der Waals surface area contributed by atoms with Gasteiger partial charge in [0.2, 0.25) is 0 Å². The zero-order valence-corrected chi connectivity index (χ0v) is 18.8. The molecule has 1 saturated heterocycles. The normalized spacial score (nSPS) is 29.6. The van der Waals surface area contributed by atoms with Gasteiger partial charge in [-0.15, -0.1) is 0 Å². The van der Waals surface area contributed by atoms with Crippen LogP contribution >= 0.6 is 0 Å². The van der Waals surface area contributed by atoms with Crippen molar-refractivity contribution in [1.82, 2.24) is 0 Å². The minimum atomic E-state index is -0.831. The molecule has 2 rings (SSSR count). The van der Waals surface area contributed by atoms with Gasteiger partial charge in [0.25, 0.3) is 0 Å². The van der Waals surface area contributed by atoms with Crippen molar-refractivity contribution in [1.29, 1.82) is 0 Å². The quantitative estimate of drug-likeness (QED) is 0.373. The van der Waals surface area contributed by atoms with E-state index in [9.17, 15) is 4.79 Å². The lowest BCUT2D eigenvalue weighted by Crippen LogP contribution is -2.41. The minimum Gasteiger partial charge on any atom is -0.481 e. The Labute approximate surface area is 171 Å². The molecule has 3 atom stereocenters. The maximum Gasteiger partial charge on any atom is 0.308 e. The first-order chi connectivity index (χ1) is 13.0. The van der Waals surface area contributed by atoms with Crippen molar-refractivity contribution in [2.45, 2.75) is 111 Å². The molecule has 0 saturated carbocycles. The molecule has 0 bridgehead atoms. The lowest BCUT2D eigenvalue weighted by atomic mass is 9.71.